The fourth-order valence-electron chi connectivity index (χ4n) is 2.05. The Labute approximate surface area is 153 Å². The average molecular weight is 444 g/mol. The van der Waals surface area contributed by atoms with Crippen molar-refractivity contribution in [2.45, 2.75) is 13.3 Å². The van der Waals surface area contributed by atoms with Gasteiger partial charge in [-0.15, -0.1) is 0 Å². The van der Waals surface area contributed by atoms with E-state index in [0.29, 0.717) is 6.42 Å². The highest BCUT2D eigenvalue weighted by Crippen LogP contribution is 2.27. The number of nitrogens with one attached hydrogen (secondary N) is 2. The summed E-state index contributed by atoms with van der Waals surface area (Å²) in [4.78, 5) is 17.2. The minimum atomic E-state index is -0.557. The maximum Gasteiger partial charge on any atom is 0.277 e. The van der Waals surface area contributed by atoms with Gasteiger partial charge in [0.1, 0.15) is 5.82 Å². The number of benzene rings is 2. The molecule has 0 atom stereocenters. The minimum absolute atomic E-state index is 0.0330. The van der Waals surface area contributed by atoms with Crippen LogP contribution in [0.3, 0.4) is 0 Å². The van der Waals surface area contributed by atoms with E-state index in [0.717, 1.165) is 14.8 Å². The molecule has 0 aliphatic carbocycles. The third-order valence-corrected chi connectivity index (χ3v) is 3.95. The van der Waals surface area contributed by atoms with E-state index in [4.69, 9.17) is 9.94 Å². The molecule has 0 spiro atoms. The molecule has 0 fully saturated rings. The number of aliphatic hydroxyl groups is 1. The van der Waals surface area contributed by atoms with Crippen LogP contribution < -0.4 is 10.8 Å². The lowest BCUT2D eigenvalue weighted by atomic mass is 10.1. The zero-order chi connectivity index (χ0) is 17.5. The van der Waals surface area contributed by atoms with E-state index in [1.807, 2.05) is 25.1 Å². The molecule has 0 saturated heterocycles. The molecular weight excluding hydrogens is 426 g/mol. The van der Waals surface area contributed by atoms with E-state index in [2.05, 4.69) is 33.4 Å². The number of rotatable bonds is 7. The Morgan fingerprint density at radius 3 is 2.83 bits per heavy atom. The number of hydrogen-bond donors (Lipinski definition) is 3. The van der Waals surface area contributed by atoms with Crippen LogP contribution >= 0.6 is 22.6 Å². The lowest BCUT2D eigenvalue weighted by molar-refractivity contribution is 0.0262. The van der Waals surface area contributed by atoms with E-state index < -0.39 is 11.7 Å². The summed E-state index contributed by atoms with van der Waals surface area (Å²) in [5.74, 6) is -1.09. The van der Waals surface area contributed by atoms with Gasteiger partial charge in [0.15, 0.2) is 0 Å². The van der Waals surface area contributed by atoms with Crippen LogP contribution in [0, 0.1) is 16.3 Å². The number of anilines is 2. The van der Waals surface area contributed by atoms with Gasteiger partial charge in [0.2, 0.25) is 0 Å². The Kier molecular flexibility index (Phi) is 6.95. The summed E-state index contributed by atoms with van der Waals surface area (Å²) < 4.78 is 15.3. The van der Waals surface area contributed by atoms with E-state index in [1.165, 1.54) is 18.2 Å². The van der Waals surface area contributed by atoms with E-state index >= 15 is 0 Å². The van der Waals surface area contributed by atoms with Crippen LogP contribution in [0.2, 0.25) is 0 Å². The summed E-state index contributed by atoms with van der Waals surface area (Å²) in [7, 11) is 0. The number of aryl methyl sites for hydroxylation is 1. The van der Waals surface area contributed by atoms with Crippen LogP contribution in [0.5, 0.6) is 0 Å². The Morgan fingerprint density at radius 2 is 2.12 bits per heavy atom. The van der Waals surface area contributed by atoms with Crippen molar-refractivity contribution >= 4 is 39.9 Å². The Balaban J connectivity index is 2.21. The summed E-state index contributed by atoms with van der Waals surface area (Å²) in [6, 6.07) is 9.95. The number of halogens is 2. The number of hydrogen-bond acceptors (Lipinski definition) is 4. The molecule has 24 heavy (non-hydrogen) atoms. The number of para-hydroxylation sites is 1. The summed E-state index contributed by atoms with van der Waals surface area (Å²) >= 11 is 2.20. The summed E-state index contributed by atoms with van der Waals surface area (Å²) in [6.45, 7) is 2.05. The molecule has 7 heteroatoms. The highest BCUT2D eigenvalue weighted by Gasteiger charge is 2.16. The van der Waals surface area contributed by atoms with Gasteiger partial charge in [-0.2, -0.15) is 0 Å². The molecule has 128 valence electrons. The van der Waals surface area contributed by atoms with Crippen LogP contribution in [-0.4, -0.2) is 24.2 Å². The van der Waals surface area contributed by atoms with Gasteiger partial charge in [0.05, 0.1) is 17.9 Å². The fraction of sp³-hybridized carbons (Fsp3) is 0.235. The van der Waals surface area contributed by atoms with Crippen molar-refractivity contribution in [3.63, 3.8) is 0 Å². The van der Waals surface area contributed by atoms with Crippen LogP contribution in [0.1, 0.15) is 22.3 Å². The second-order valence-corrected chi connectivity index (χ2v) is 6.35. The molecule has 0 saturated carbocycles. The second kappa shape index (κ2) is 8.95. The van der Waals surface area contributed by atoms with Crippen LogP contribution in [0.15, 0.2) is 36.4 Å². The van der Waals surface area contributed by atoms with Crippen molar-refractivity contribution in [1.82, 2.24) is 5.48 Å². The van der Waals surface area contributed by atoms with Crippen molar-refractivity contribution in [3.8, 4) is 0 Å². The minimum Gasteiger partial charge on any atom is -0.396 e. The van der Waals surface area contributed by atoms with Crippen LogP contribution in [0.25, 0.3) is 0 Å². The molecule has 5 nitrogen and oxygen atoms in total. The number of carbonyl (C=O) groups is 1. The zero-order valence-corrected chi connectivity index (χ0v) is 15.3. The number of hydroxylamine groups is 1. The van der Waals surface area contributed by atoms with Crippen molar-refractivity contribution < 1.29 is 19.1 Å². The molecule has 0 unspecified atom stereocenters. The summed E-state index contributed by atoms with van der Waals surface area (Å²) in [5, 5.41) is 11.7. The fourth-order valence-corrected chi connectivity index (χ4v) is 2.70. The van der Waals surface area contributed by atoms with Gasteiger partial charge in [0, 0.05) is 15.9 Å². The van der Waals surface area contributed by atoms with E-state index in [9.17, 15) is 9.18 Å². The van der Waals surface area contributed by atoms with Gasteiger partial charge in [-0.1, -0.05) is 6.07 Å². The molecule has 0 radical (unpaired) electrons. The van der Waals surface area contributed by atoms with Gasteiger partial charge in [-0.05, 0) is 71.8 Å². The first kappa shape index (κ1) is 18.6. The molecule has 3 N–H and O–H groups in total. The van der Waals surface area contributed by atoms with E-state index in [1.54, 1.807) is 0 Å². The molecule has 2 aromatic rings. The Bertz CT molecular complexity index is 725. The van der Waals surface area contributed by atoms with E-state index in [-0.39, 0.29) is 24.5 Å². The van der Waals surface area contributed by atoms with Crippen LogP contribution in [-0.2, 0) is 4.84 Å². The predicted molar refractivity (Wildman–Crippen MR) is 98.7 cm³/mol. The third kappa shape index (κ3) is 4.89. The molecule has 0 heterocycles. The van der Waals surface area contributed by atoms with Crippen molar-refractivity contribution in [3.05, 3.63) is 56.9 Å². The monoisotopic (exact) mass is 444 g/mol. The third-order valence-electron chi connectivity index (χ3n) is 3.28. The largest absolute Gasteiger partial charge is 0.396 e. The topological polar surface area (TPSA) is 70.6 Å². The molecular formula is C17H18FIN2O3. The molecule has 0 aliphatic heterocycles. The normalized spacial score (nSPS) is 10.5. The first-order valence-corrected chi connectivity index (χ1v) is 8.45. The smallest absolute Gasteiger partial charge is 0.277 e. The second-order valence-electron chi connectivity index (χ2n) is 5.10. The zero-order valence-electron chi connectivity index (χ0n) is 13.1. The Hall–Kier alpha value is -1.71. The molecule has 0 bridgehead atoms. The summed E-state index contributed by atoms with van der Waals surface area (Å²) in [5.41, 5.74) is 4.14. The van der Waals surface area contributed by atoms with Gasteiger partial charge < -0.3 is 10.4 Å². The maximum atomic E-state index is 14.2. The first-order chi connectivity index (χ1) is 11.5. The van der Waals surface area contributed by atoms with Crippen molar-refractivity contribution in [2.24, 2.45) is 0 Å². The van der Waals surface area contributed by atoms with Crippen LogP contribution in [0.4, 0.5) is 15.8 Å². The molecule has 2 aromatic carbocycles. The van der Waals surface area contributed by atoms with Gasteiger partial charge >= 0.3 is 0 Å². The number of aliphatic hydroxyl groups excluding tert-OH is 1. The average Bonchev–Trinajstić information content (AvgIpc) is 2.55. The first-order valence-electron chi connectivity index (χ1n) is 7.37. The SMILES string of the molecule is Cc1cc(I)ccc1Nc1c(F)cccc1C(=O)NOCCCO. The van der Waals surface area contributed by atoms with Gasteiger partial charge in [0.25, 0.3) is 5.91 Å². The molecule has 0 aliphatic rings. The molecule has 1 amide bonds. The molecule has 0 aromatic heterocycles. The standard InChI is InChI=1S/C17H18FIN2O3/c1-11-10-12(19)6-7-15(11)20-16-13(4-2-5-14(16)18)17(23)21-24-9-3-8-22/h2,4-7,10,20,22H,3,8-9H2,1H3,(H,21,23). The highest BCUT2D eigenvalue weighted by molar-refractivity contribution is 14.1. The van der Waals surface area contributed by atoms with Crippen molar-refractivity contribution in [2.75, 3.05) is 18.5 Å². The highest BCUT2D eigenvalue weighted by atomic mass is 127. The van der Waals surface area contributed by atoms with Crippen molar-refractivity contribution in [1.29, 1.82) is 0 Å². The summed E-state index contributed by atoms with van der Waals surface area (Å²) in [6.07, 6.45) is 0.399. The predicted octanol–water partition coefficient (Wildman–Crippen LogP) is 3.53. The Morgan fingerprint density at radius 1 is 1.33 bits per heavy atom. The quantitative estimate of drug-likeness (QED) is 0.347. The molecule has 2 rings (SSSR count). The maximum absolute atomic E-state index is 14.2. The van der Waals surface area contributed by atoms with Gasteiger partial charge in [-0.25, -0.2) is 9.87 Å². The van der Waals surface area contributed by atoms with Gasteiger partial charge in [-0.3, -0.25) is 9.63 Å². The number of amides is 1. The lowest BCUT2D eigenvalue weighted by Gasteiger charge is -2.15. The lowest BCUT2D eigenvalue weighted by Crippen LogP contribution is -2.25. The number of carbonyl (C=O) groups excluding carboxylic acids is 1.